The van der Waals surface area contributed by atoms with E-state index in [1.165, 1.54) is 6.26 Å². The fourth-order valence-electron chi connectivity index (χ4n) is 2.40. The zero-order valence-corrected chi connectivity index (χ0v) is 18.2. The zero-order chi connectivity index (χ0) is 19.3. The number of carbonyl (C=O) groups is 1. The Morgan fingerprint density at radius 2 is 1.69 bits per heavy atom. The van der Waals surface area contributed by atoms with Crippen LogP contribution in [0.25, 0.3) is 0 Å². The molecule has 2 aromatic rings. The van der Waals surface area contributed by atoms with Gasteiger partial charge in [-0.15, -0.1) is 11.8 Å². The van der Waals surface area contributed by atoms with Crippen molar-refractivity contribution < 1.29 is 13.2 Å². The summed E-state index contributed by atoms with van der Waals surface area (Å²) in [6.07, 6.45) is 1.63. The van der Waals surface area contributed by atoms with Gasteiger partial charge in [0.15, 0.2) is 9.84 Å². The van der Waals surface area contributed by atoms with Gasteiger partial charge in [0.1, 0.15) is 0 Å². The second-order valence-electron chi connectivity index (χ2n) is 6.07. The quantitative estimate of drug-likeness (QED) is 0.574. The minimum Gasteiger partial charge on any atom is -0.339 e. The second kappa shape index (κ2) is 9.06. The molecule has 1 atom stereocenters. The number of sulfone groups is 1. The van der Waals surface area contributed by atoms with Gasteiger partial charge in [0.25, 0.3) is 0 Å². The van der Waals surface area contributed by atoms with Crippen molar-refractivity contribution in [2.24, 2.45) is 0 Å². The Hall–Kier alpha value is -1.31. The summed E-state index contributed by atoms with van der Waals surface area (Å²) in [6.45, 7) is 1.94. The van der Waals surface area contributed by atoms with E-state index in [0.717, 1.165) is 14.9 Å². The molecule has 0 aliphatic heterocycles. The Kier molecular flexibility index (Phi) is 7.32. The van der Waals surface area contributed by atoms with Crippen LogP contribution in [0.4, 0.5) is 0 Å². The summed E-state index contributed by atoms with van der Waals surface area (Å²) in [6, 6.07) is 14.6. The number of amides is 1. The number of rotatable bonds is 7. The van der Waals surface area contributed by atoms with Crippen molar-refractivity contribution in [1.29, 1.82) is 0 Å². The van der Waals surface area contributed by atoms with Crippen LogP contribution in [0.5, 0.6) is 0 Å². The first-order valence-corrected chi connectivity index (χ1v) is 11.8. The van der Waals surface area contributed by atoms with E-state index < -0.39 is 9.84 Å². The van der Waals surface area contributed by atoms with Crippen LogP contribution in [0.1, 0.15) is 24.9 Å². The van der Waals surface area contributed by atoms with E-state index in [4.69, 9.17) is 0 Å². The Bertz CT molecular complexity index is 849. The monoisotopic (exact) mass is 455 g/mol. The average Bonchev–Trinajstić information content (AvgIpc) is 2.61. The first-order chi connectivity index (χ1) is 12.2. The minimum atomic E-state index is -3.21. The molecule has 0 aromatic heterocycles. The molecule has 0 saturated carbocycles. The number of hydrogen-bond donors (Lipinski definition) is 0. The lowest BCUT2D eigenvalue weighted by molar-refractivity contribution is -0.131. The molecule has 0 fully saturated rings. The van der Waals surface area contributed by atoms with Crippen molar-refractivity contribution in [1.82, 2.24) is 4.90 Å². The molecule has 2 rings (SSSR count). The van der Waals surface area contributed by atoms with Crippen LogP contribution in [0.15, 0.2) is 62.8 Å². The van der Waals surface area contributed by atoms with Crippen LogP contribution in [0, 0.1) is 0 Å². The van der Waals surface area contributed by atoms with Gasteiger partial charge in [-0.05, 0) is 48.9 Å². The van der Waals surface area contributed by atoms with E-state index in [-0.39, 0.29) is 16.8 Å². The highest BCUT2D eigenvalue weighted by molar-refractivity contribution is 9.10. The molecule has 2 aromatic carbocycles. The van der Waals surface area contributed by atoms with Crippen molar-refractivity contribution in [2.75, 3.05) is 19.1 Å². The Labute approximate surface area is 168 Å². The molecule has 0 spiro atoms. The van der Waals surface area contributed by atoms with Gasteiger partial charge < -0.3 is 4.90 Å². The molecule has 4 nitrogen and oxygen atoms in total. The molecule has 0 saturated heterocycles. The van der Waals surface area contributed by atoms with Gasteiger partial charge in [-0.1, -0.05) is 28.1 Å². The van der Waals surface area contributed by atoms with Crippen molar-refractivity contribution in [2.45, 2.75) is 29.2 Å². The van der Waals surface area contributed by atoms with Crippen LogP contribution in [0.3, 0.4) is 0 Å². The largest absolute Gasteiger partial charge is 0.339 e. The highest BCUT2D eigenvalue weighted by atomic mass is 79.9. The Morgan fingerprint density at radius 3 is 2.23 bits per heavy atom. The van der Waals surface area contributed by atoms with Gasteiger partial charge in [-0.3, -0.25) is 4.79 Å². The summed E-state index contributed by atoms with van der Waals surface area (Å²) < 4.78 is 24.1. The topological polar surface area (TPSA) is 54.5 Å². The zero-order valence-electron chi connectivity index (χ0n) is 15.0. The first kappa shape index (κ1) is 21.0. The molecule has 1 amide bonds. The Morgan fingerprint density at radius 1 is 1.12 bits per heavy atom. The van der Waals surface area contributed by atoms with Crippen molar-refractivity contribution in [3.63, 3.8) is 0 Å². The number of thioether (sulfide) groups is 1. The molecule has 0 radical (unpaired) electrons. The number of hydrogen-bond acceptors (Lipinski definition) is 4. The third-order valence-electron chi connectivity index (χ3n) is 4.16. The maximum Gasteiger partial charge on any atom is 0.223 e. The lowest BCUT2D eigenvalue weighted by atomic mass is 10.1. The summed E-state index contributed by atoms with van der Waals surface area (Å²) in [5.74, 6) is 0.777. The maximum atomic E-state index is 12.4. The van der Waals surface area contributed by atoms with E-state index in [1.807, 2.05) is 31.2 Å². The van der Waals surface area contributed by atoms with Crippen LogP contribution >= 0.6 is 27.7 Å². The molecule has 26 heavy (non-hydrogen) atoms. The predicted molar refractivity (Wildman–Crippen MR) is 110 cm³/mol. The summed E-state index contributed by atoms with van der Waals surface area (Å²) in [5.41, 5.74) is 0.911. The summed E-state index contributed by atoms with van der Waals surface area (Å²) in [7, 11) is -1.43. The lowest BCUT2D eigenvalue weighted by Crippen LogP contribution is -2.29. The smallest absolute Gasteiger partial charge is 0.223 e. The molecule has 0 bridgehead atoms. The number of carbonyl (C=O) groups excluding carboxylic acids is 1. The van der Waals surface area contributed by atoms with E-state index in [2.05, 4.69) is 15.9 Å². The lowest BCUT2D eigenvalue weighted by Gasteiger charge is -2.25. The summed E-state index contributed by atoms with van der Waals surface area (Å²) in [4.78, 5) is 15.6. The normalized spacial score (nSPS) is 12.6. The first-order valence-electron chi connectivity index (χ1n) is 8.12. The molecule has 7 heteroatoms. The minimum absolute atomic E-state index is 0.0642. The molecule has 0 aliphatic carbocycles. The average molecular weight is 456 g/mol. The molecule has 0 aliphatic rings. The fourth-order valence-corrected chi connectivity index (χ4v) is 4.13. The van der Waals surface area contributed by atoms with Crippen LogP contribution in [-0.2, 0) is 14.6 Å². The van der Waals surface area contributed by atoms with Crippen molar-refractivity contribution >= 4 is 43.4 Å². The predicted octanol–water partition coefficient (Wildman–Crippen LogP) is 4.55. The van der Waals surface area contributed by atoms with E-state index in [1.54, 1.807) is 48.0 Å². The number of nitrogens with zero attached hydrogens (tertiary/aromatic N) is 1. The van der Waals surface area contributed by atoms with Gasteiger partial charge in [-0.25, -0.2) is 8.42 Å². The summed E-state index contributed by atoms with van der Waals surface area (Å²) >= 11 is 5.06. The molecule has 0 heterocycles. The van der Waals surface area contributed by atoms with Gasteiger partial charge in [0.05, 0.1) is 10.9 Å². The Balaban J connectivity index is 1.91. The van der Waals surface area contributed by atoms with Gasteiger partial charge >= 0.3 is 0 Å². The molecular formula is C19H22BrNO3S2. The summed E-state index contributed by atoms with van der Waals surface area (Å²) in [5, 5.41) is 0. The number of halogens is 1. The van der Waals surface area contributed by atoms with Gasteiger partial charge in [-0.2, -0.15) is 0 Å². The van der Waals surface area contributed by atoms with E-state index in [9.17, 15) is 13.2 Å². The van der Waals surface area contributed by atoms with Crippen molar-refractivity contribution in [3.05, 3.63) is 58.6 Å². The molecular weight excluding hydrogens is 434 g/mol. The molecule has 1 unspecified atom stereocenters. The third-order valence-corrected chi connectivity index (χ3v) is 6.83. The molecule has 0 N–H and O–H groups in total. The number of benzene rings is 2. The maximum absolute atomic E-state index is 12.4. The van der Waals surface area contributed by atoms with Crippen LogP contribution < -0.4 is 0 Å². The van der Waals surface area contributed by atoms with Gasteiger partial charge in [0.2, 0.25) is 5.91 Å². The highest BCUT2D eigenvalue weighted by Crippen LogP contribution is 2.24. The molecule has 140 valence electrons. The van der Waals surface area contributed by atoms with Crippen molar-refractivity contribution in [3.8, 4) is 0 Å². The SMILES string of the molecule is CC(c1ccc(S(C)(=O)=O)cc1)N(C)C(=O)CCSc1ccc(Br)cc1. The van der Waals surface area contributed by atoms with E-state index >= 15 is 0 Å². The van der Waals surface area contributed by atoms with E-state index in [0.29, 0.717) is 12.2 Å². The standard InChI is InChI=1S/C19H22BrNO3S2/c1-14(15-4-10-18(11-5-15)26(3,23)24)21(2)19(22)12-13-25-17-8-6-16(20)7-9-17/h4-11,14H,12-13H2,1-3H3. The fraction of sp³-hybridized carbons (Fsp3) is 0.316. The third kappa shape index (κ3) is 5.86. The second-order valence-corrected chi connectivity index (χ2v) is 10.2. The highest BCUT2D eigenvalue weighted by Gasteiger charge is 2.18. The van der Waals surface area contributed by atoms with Gasteiger partial charge in [0, 0.05) is 34.8 Å². The van der Waals surface area contributed by atoms with Crippen LogP contribution in [0.2, 0.25) is 0 Å². The van der Waals surface area contributed by atoms with Crippen LogP contribution in [-0.4, -0.2) is 38.3 Å².